The van der Waals surface area contributed by atoms with Crippen LogP contribution in [0, 0.1) is 0 Å². The van der Waals surface area contributed by atoms with Gasteiger partial charge in [-0.15, -0.1) is 0 Å². The number of fused-ring (bicyclic) bond motifs is 2. The molecule has 3 aromatic rings. The second-order valence-electron chi connectivity index (χ2n) is 6.09. The largest absolute Gasteiger partial charge is 0.486 e. The van der Waals surface area contributed by atoms with Gasteiger partial charge < -0.3 is 9.47 Å². The van der Waals surface area contributed by atoms with E-state index in [0.717, 1.165) is 23.7 Å². The topological polar surface area (TPSA) is 51.9 Å². The number of rotatable bonds is 4. The highest BCUT2D eigenvalue weighted by molar-refractivity contribution is 5.44. The lowest BCUT2D eigenvalue weighted by Crippen LogP contribution is -2.22. The van der Waals surface area contributed by atoms with Crippen molar-refractivity contribution < 1.29 is 9.47 Å². The second kappa shape index (κ2) is 6.13. The van der Waals surface area contributed by atoms with Gasteiger partial charge in [0, 0.05) is 18.8 Å². The van der Waals surface area contributed by atoms with Crippen LogP contribution >= 0.6 is 0 Å². The van der Waals surface area contributed by atoms with Gasteiger partial charge >= 0.3 is 0 Å². The van der Waals surface area contributed by atoms with Crippen molar-refractivity contribution in [2.45, 2.75) is 19.5 Å². The molecule has 0 N–H and O–H groups in total. The molecule has 2 aromatic heterocycles. The Hall–Kier alpha value is -2.60. The average molecular weight is 324 g/mol. The molecule has 0 saturated carbocycles. The number of hydrogen-bond donors (Lipinski definition) is 0. The lowest BCUT2D eigenvalue weighted by Gasteiger charge is -2.27. The highest BCUT2D eigenvalue weighted by Crippen LogP contribution is 2.34. The lowest BCUT2D eigenvalue weighted by molar-refractivity contribution is 0.170. The number of pyridine rings is 1. The van der Waals surface area contributed by atoms with Crippen LogP contribution in [0.4, 0.5) is 0 Å². The zero-order chi connectivity index (χ0) is 16.5. The Kier molecular flexibility index (Phi) is 3.82. The maximum absolute atomic E-state index is 5.69. The molecule has 6 heteroatoms. The van der Waals surface area contributed by atoms with Gasteiger partial charge in [-0.1, -0.05) is 6.07 Å². The zero-order valence-corrected chi connectivity index (χ0v) is 13.8. The second-order valence-corrected chi connectivity index (χ2v) is 6.09. The van der Waals surface area contributed by atoms with Gasteiger partial charge in [0.1, 0.15) is 19.5 Å². The molecule has 0 fully saturated rings. The van der Waals surface area contributed by atoms with Gasteiger partial charge in [-0.2, -0.15) is 5.10 Å². The van der Waals surface area contributed by atoms with E-state index >= 15 is 0 Å². The maximum atomic E-state index is 5.69. The van der Waals surface area contributed by atoms with E-state index in [1.54, 1.807) is 10.8 Å². The van der Waals surface area contributed by atoms with Crippen LogP contribution in [0.2, 0.25) is 0 Å². The summed E-state index contributed by atoms with van der Waals surface area (Å²) in [5.74, 6) is 1.67. The van der Waals surface area contributed by atoms with Gasteiger partial charge in [0.05, 0.1) is 0 Å². The predicted molar refractivity (Wildman–Crippen MR) is 90.3 cm³/mol. The van der Waals surface area contributed by atoms with Crippen molar-refractivity contribution in [1.29, 1.82) is 0 Å². The van der Waals surface area contributed by atoms with Gasteiger partial charge in [-0.25, -0.2) is 9.50 Å². The van der Waals surface area contributed by atoms with Crippen LogP contribution < -0.4 is 9.47 Å². The molecule has 1 aliphatic heterocycles. The summed E-state index contributed by atoms with van der Waals surface area (Å²) in [6.07, 6.45) is 3.51. The van der Waals surface area contributed by atoms with Crippen LogP contribution in [0.1, 0.15) is 24.1 Å². The Bertz CT molecular complexity index is 861. The molecule has 1 unspecified atom stereocenters. The van der Waals surface area contributed by atoms with Gasteiger partial charge in [0.15, 0.2) is 17.1 Å². The molecule has 0 aliphatic carbocycles. The zero-order valence-electron chi connectivity index (χ0n) is 13.8. The standard InChI is InChI=1S/C18H20N4O2/c1-13(15-3-4-16-17(10-15)24-8-7-23-16)21(2)11-14-5-6-22-18(9-14)19-12-20-22/h3-6,9-10,12-13H,7-8,11H2,1-2H3. The Morgan fingerprint density at radius 1 is 1.17 bits per heavy atom. The minimum atomic E-state index is 0.259. The van der Waals surface area contributed by atoms with Crippen molar-refractivity contribution in [2.75, 3.05) is 20.3 Å². The minimum absolute atomic E-state index is 0.259. The quantitative estimate of drug-likeness (QED) is 0.738. The summed E-state index contributed by atoms with van der Waals surface area (Å²) in [6.45, 7) is 4.26. The molecule has 124 valence electrons. The van der Waals surface area contributed by atoms with Crippen LogP contribution in [-0.2, 0) is 6.54 Å². The molecule has 1 atom stereocenters. The summed E-state index contributed by atoms with van der Waals surface area (Å²) in [5, 5.41) is 4.13. The molecule has 0 saturated heterocycles. The summed E-state index contributed by atoms with van der Waals surface area (Å²) in [6, 6.07) is 10.6. The minimum Gasteiger partial charge on any atom is -0.486 e. The van der Waals surface area contributed by atoms with E-state index in [9.17, 15) is 0 Å². The molecule has 0 spiro atoms. The van der Waals surface area contributed by atoms with Crippen LogP contribution in [0.25, 0.3) is 5.65 Å². The SMILES string of the molecule is CC(c1ccc2c(c1)OCCO2)N(C)Cc1ccn2ncnc2c1. The molecule has 0 amide bonds. The maximum Gasteiger partial charge on any atom is 0.161 e. The lowest BCUT2D eigenvalue weighted by atomic mass is 10.1. The summed E-state index contributed by atoms with van der Waals surface area (Å²) in [7, 11) is 2.12. The van der Waals surface area contributed by atoms with Crippen molar-refractivity contribution in [3.63, 3.8) is 0 Å². The Morgan fingerprint density at radius 3 is 2.88 bits per heavy atom. The average Bonchev–Trinajstić information content (AvgIpc) is 3.08. The molecule has 4 rings (SSSR count). The van der Waals surface area contributed by atoms with Crippen molar-refractivity contribution in [1.82, 2.24) is 19.5 Å². The van der Waals surface area contributed by atoms with Crippen molar-refractivity contribution in [3.8, 4) is 11.5 Å². The van der Waals surface area contributed by atoms with E-state index in [0.29, 0.717) is 13.2 Å². The van der Waals surface area contributed by atoms with Gasteiger partial charge in [-0.05, 0) is 49.4 Å². The third kappa shape index (κ3) is 2.80. The smallest absolute Gasteiger partial charge is 0.161 e. The number of hydrogen-bond acceptors (Lipinski definition) is 5. The highest BCUT2D eigenvalue weighted by Gasteiger charge is 2.17. The van der Waals surface area contributed by atoms with Gasteiger partial charge in [0.2, 0.25) is 0 Å². The number of aromatic nitrogens is 3. The first-order valence-electron chi connectivity index (χ1n) is 8.09. The van der Waals surface area contributed by atoms with E-state index in [2.05, 4.69) is 53.2 Å². The third-order valence-electron chi connectivity index (χ3n) is 4.49. The van der Waals surface area contributed by atoms with E-state index in [4.69, 9.17) is 9.47 Å². The highest BCUT2D eigenvalue weighted by atomic mass is 16.6. The monoisotopic (exact) mass is 324 g/mol. The number of benzene rings is 1. The van der Waals surface area contributed by atoms with E-state index in [1.165, 1.54) is 11.1 Å². The van der Waals surface area contributed by atoms with Gasteiger partial charge in [0.25, 0.3) is 0 Å². The number of ether oxygens (including phenoxy) is 2. The summed E-state index contributed by atoms with van der Waals surface area (Å²) < 4.78 is 13.1. The summed E-state index contributed by atoms with van der Waals surface area (Å²) in [4.78, 5) is 6.54. The van der Waals surface area contributed by atoms with Crippen LogP contribution in [0.15, 0.2) is 42.9 Å². The fraction of sp³-hybridized carbons (Fsp3) is 0.333. The van der Waals surface area contributed by atoms with E-state index in [-0.39, 0.29) is 6.04 Å². The first-order valence-corrected chi connectivity index (χ1v) is 8.09. The Balaban J connectivity index is 1.51. The molecule has 0 radical (unpaired) electrons. The molecule has 24 heavy (non-hydrogen) atoms. The number of nitrogens with zero attached hydrogens (tertiary/aromatic N) is 4. The van der Waals surface area contributed by atoms with Crippen LogP contribution in [-0.4, -0.2) is 39.8 Å². The Labute approximate surface area is 140 Å². The van der Waals surface area contributed by atoms with Crippen LogP contribution in [0.5, 0.6) is 11.5 Å². The van der Waals surface area contributed by atoms with Crippen LogP contribution in [0.3, 0.4) is 0 Å². The van der Waals surface area contributed by atoms with E-state index < -0.39 is 0 Å². The Morgan fingerprint density at radius 2 is 2.00 bits per heavy atom. The molecular formula is C18H20N4O2. The molecule has 0 bridgehead atoms. The van der Waals surface area contributed by atoms with Crippen molar-refractivity contribution in [2.24, 2.45) is 0 Å². The molecular weight excluding hydrogens is 304 g/mol. The van der Waals surface area contributed by atoms with Crippen molar-refractivity contribution in [3.05, 3.63) is 54.0 Å². The van der Waals surface area contributed by atoms with E-state index in [1.807, 2.05) is 12.3 Å². The molecule has 6 nitrogen and oxygen atoms in total. The molecule has 3 heterocycles. The first kappa shape index (κ1) is 15.0. The molecule has 1 aromatic carbocycles. The summed E-state index contributed by atoms with van der Waals surface area (Å²) in [5.41, 5.74) is 3.29. The first-order chi connectivity index (χ1) is 11.7. The predicted octanol–water partition coefficient (Wildman–Crippen LogP) is 2.69. The third-order valence-corrected chi connectivity index (χ3v) is 4.49. The molecule has 1 aliphatic rings. The van der Waals surface area contributed by atoms with Gasteiger partial charge in [-0.3, -0.25) is 4.90 Å². The normalized spacial score (nSPS) is 15.0. The summed E-state index contributed by atoms with van der Waals surface area (Å²) >= 11 is 0. The fourth-order valence-electron chi connectivity index (χ4n) is 2.95. The van der Waals surface area contributed by atoms with Crippen molar-refractivity contribution >= 4 is 5.65 Å². The fourth-order valence-corrected chi connectivity index (χ4v) is 2.95.